The molecule has 1 fully saturated rings. The van der Waals surface area contributed by atoms with Crippen molar-refractivity contribution in [2.75, 3.05) is 40.3 Å². The molecule has 1 aliphatic rings. The number of carbonyl (C=O) groups is 1. The summed E-state index contributed by atoms with van der Waals surface area (Å²) in [5.41, 5.74) is 1.77. The van der Waals surface area contributed by atoms with Gasteiger partial charge in [-0.2, -0.15) is 0 Å². The molecular weight excluding hydrogens is 338 g/mol. The van der Waals surface area contributed by atoms with Crippen LogP contribution in [0, 0.1) is 5.92 Å². The molecule has 3 rings (SSSR count). The predicted octanol–water partition coefficient (Wildman–Crippen LogP) is 3.12. The Morgan fingerprint density at radius 2 is 2.07 bits per heavy atom. The largest absolute Gasteiger partial charge is 0.496 e. The van der Waals surface area contributed by atoms with E-state index in [9.17, 15) is 4.79 Å². The third kappa shape index (κ3) is 5.30. The van der Waals surface area contributed by atoms with Gasteiger partial charge < -0.3 is 14.5 Å². The van der Waals surface area contributed by atoms with Crippen molar-refractivity contribution < 1.29 is 9.53 Å². The van der Waals surface area contributed by atoms with Gasteiger partial charge in [0.1, 0.15) is 11.4 Å². The van der Waals surface area contributed by atoms with Crippen LogP contribution in [0.4, 0.5) is 0 Å². The highest BCUT2D eigenvalue weighted by Gasteiger charge is 2.23. The minimum atomic E-state index is 0.00162. The van der Waals surface area contributed by atoms with Gasteiger partial charge in [0.25, 0.3) is 5.91 Å². The highest BCUT2D eigenvalue weighted by atomic mass is 16.5. The zero-order valence-corrected chi connectivity index (χ0v) is 16.3. The number of carbonyl (C=O) groups excluding carboxylic acids is 1. The first-order chi connectivity index (χ1) is 13.2. The molecule has 1 aromatic carbocycles. The smallest absolute Gasteiger partial charge is 0.272 e. The van der Waals surface area contributed by atoms with Gasteiger partial charge in [-0.3, -0.25) is 9.78 Å². The second kappa shape index (κ2) is 9.51. The second-order valence-electron chi connectivity index (χ2n) is 7.27. The molecule has 5 nitrogen and oxygen atoms in total. The Bertz CT molecular complexity index is 735. The summed E-state index contributed by atoms with van der Waals surface area (Å²) in [7, 11) is 3.61. The minimum Gasteiger partial charge on any atom is -0.496 e. The first-order valence-corrected chi connectivity index (χ1v) is 9.68. The summed E-state index contributed by atoms with van der Waals surface area (Å²) >= 11 is 0. The van der Waals surface area contributed by atoms with E-state index in [0.717, 1.165) is 38.3 Å². The number of aromatic nitrogens is 1. The fourth-order valence-corrected chi connectivity index (χ4v) is 3.85. The van der Waals surface area contributed by atoms with Crippen molar-refractivity contribution in [2.45, 2.75) is 19.3 Å². The molecule has 5 heteroatoms. The highest BCUT2D eigenvalue weighted by Crippen LogP contribution is 2.21. The van der Waals surface area contributed by atoms with Crippen LogP contribution < -0.4 is 4.74 Å². The zero-order valence-electron chi connectivity index (χ0n) is 16.3. The molecule has 144 valence electrons. The summed E-state index contributed by atoms with van der Waals surface area (Å²) in [6.07, 6.45) is 5.01. The first-order valence-electron chi connectivity index (χ1n) is 9.68. The Morgan fingerprint density at radius 3 is 2.85 bits per heavy atom. The number of pyridine rings is 1. The van der Waals surface area contributed by atoms with Crippen LogP contribution in [0.3, 0.4) is 0 Å². The summed E-state index contributed by atoms with van der Waals surface area (Å²) in [4.78, 5) is 21.0. The molecule has 1 atom stereocenters. The molecule has 1 aliphatic heterocycles. The predicted molar refractivity (Wildman–Crippen MR) is 107 cm³/mol. The number of para-hydroxylation sites is 1. The number of ether oxygens (including phenoxy) is 1. The Kier molecular flexibility index (Phi) is 6.82. The maximum atomic E-state index is 12.5. The second-order valence-corrected chi connectivity index (χ2v) is 7.27. The molecule has 0 spiro atoms. The molecule has 0 bridgehead atoms. The standard InChI is InChI=1S/C22H29N3O2/c1-24(22(26)20-10-5-6-13-23-20)16-18-8-7-14-25(17-18)15-12-19-9-3-4-11-21(19)27-2/h3-6,9-11,13,18H,7-8,12,14-17H2,1-2H3/t18-/m0/s1. The quantitative estimate of drug-likeness (QED) is 0.754. The number of amides is 1. The van der Waals surface area contributed by atoms with Crippen LogP contribution in [-0.2, 0) is 6.42 Å². The lowest BCUT2D eigenvalue weighted by Gasteiger charge is -2.34. The molecule has 0 radical (unpaired) electrons. The number of hydrogen-bond donors (Lipinski definition) is 0. The maximum Gasteiger partial charge on any atom is 0.272 e. The first kappa shape index (κ1) is 19.4. The van der Waals surface area contributed by atoms with Gasteiger partial charge in [-0.25, -0.2) is 0 Å². The van der Waals surface area contributed by atoms with E-state index in [1.165, 1.54) is 18.4 Å². The number of likely N-dealkylation sites (tertiary alicyclic amines) is 1. The molecular formula is C22H29N3O2. The van der Waals surface area contributed by atoms with E-state index in [2.05, 4.69) is 22.0 Å². The lowest BCUT2D eigenvalue weighted by atomic mass is 9.97. The van der Waals surface area contributed by atoms with Gasteiger partial charge in [-0.15, -0.1) is 0 Å². The van der Waals surface area contributed by atoms with Gasteiger partial charge >= 0.3 is 0 Å². The van der Waals surface area contributed by atoms with Gasteiger partial charge in [0.2, 0.25) is 0 Å². The molecule has 1 saturated heterocycles. The monoisotopic (exact) mass is 367 g/mol. The van der Waals surface area contributed by atoms with Crippen molar-refractivity contribution in [3.63, 3.8) is 0 Å². The van der Waals surface area contributed by atoms with E-state index in [1.807, 2.05) is 36.2 Å². The number of hydrogen-bond acceptors (Lipinski definition) is 4. The van der Waals surface area contributed by atoms with Crippen molar-refractivity contribution >= 4 is 5.91 Å². The van der Waals surface area contributed by atoms with Crippen LogP contribution in [0.1, 0.15) is 28.9 Å². The molecule has 0 saturated carbocycles. The van der Waals surface area contributed by atoms with Crippen LogP contribution in [0.25, 0.3) is 0 Å². The number of piperidine rings is 1. The van der Waals surface area contributed by atoms with E-state index in [1.54, 1.807) is 19.4 Å². The molecule has 2 aromatic rings. The normalized spacial score (nSPS) is 17.5. The Labute approximate surface area is 162 Å². The maximum absolute atomic E-state index is 12.5. The lowest BCUT2D eigenvalue weighted by molar-refractivity contribution is 0.0724. The van der Waals surface area contributed by atoms with E-state index in [0.29, 0.717) is 11.6 Å². The van der Waals surface area contributed by atoms with Crippen molar-refractivity contribution in [3.05, 3.63) is 59.9 Å². The van der Waals surface area contributed by atoms with Crippen molar-refractivity contribution in [1.29, 1.82) is 0 Å². The number of methoxy groups -OCH3 is 1. The van der Waals surface area contributed by atoms with E-state index < -0.39 is 0 Å². The average molecular weight is 367 g/mol. The summed E-state index contributed by atoms with van der Waals surface area (Å²) in [6.45, 7) is 3.97. The van der Waals surface area contributed by atoms with Gasteiger partial charge in [0.05, 0.1) is 7.11 Å². The zero-order chi connectivity index (χ0) is 19.1. The Balaban J connectivity index is 1.51. The van der Waals surface area contributed by atoms with Crippen LogP contribution in [-0.4, -0.2) is 61.0 Å². The molecule has 27 heavy (non-hydrogen) atoms. The molecule has 1 amide bonds. The van der Waals surface area contributed by atoms with Crippen LogP contribution in [0.5, 0.6) is 5.75 Å². The molecule has 1 aromatic heterocycles. The topological polar surface area (TPSA) is 45.7 Å². The van der Waals surface area contributed by atoms with Crippen molar-refractivity contribution in [1.82, 2.24) is 14.8 Å². The molecule has 2 heterocycles. The third-order valence-electron chi connectivity index (χ3n) is 5.26. The van der Waals surface area contributed by atoms with Gasteiger partial charge in [0.15, 0.2) is 0 Å². The summed E-state index contributed by atoms with van der Waals surface area (Å²) in [6, 6.07) is 13.7. The number of nitrogens with zero attached hydrogens (tertiary/aromatic N) is 3. The van der Waals surface area contributed by atoms with Crippen molar-refractivity contribution in [3.8, 4) is 5.75 Å². The fourth-order valence-electron chi connectivity index (χ4n) is 3.85. The summed E-state index contributed by atoms with van der Waals surface area (Å²) in [5, 5.41) is 0. The highest BCUT2D eigenvalue weighted by molar-refractivity contribution is 5.92. The fraction of sp³-hybridized carbons (Fsp3) is 0.455. The number of benzene rings is 1. The molecule has 0 aliphatic carbocycles. The third-order valence-corrected chi connectivity index (χ3v) is 5.26. The van der Waals surface area contributed by atoms with Gasteiger partial charge in [0, 0.05) is 32.9 Å². The van der Waals surface area contributed by atoms with E-state index in [4.69, 9.17) is 4.74 Å². The Hall–Kier alpha value is -2.40. The molecule has 0 unspecified atom stereocenters. The van der Waals surface area contributed by atoms with Crippen LogP contribution in [0.15, 0.2) is 48.7 Å². The van der Waals surface area contributed by atoms with E-state index in [-0.39, 0.29) is 5.91 Å². The van der Waals surface area contributed by atoms with Crippen molar-refractivity contribution in [2.24, 2.45) is 5.92 Å². The average Bonchev–Trinajstić information content (AvgIpc) is 2.72. The lowest BCUT2D eigenvalue weighted by Crippen LogP contribution is -2.42. The summed E-state index contributed by atoms with van der Waals surface area (Å²) < 4.78 is 5.46. The van der Waals surface area contributed by atoms with Crippen LogP contribution in [0.2, 0.25) is 0 Å². The summed E-state index contributed by atoms with van der Waals surface area (Å²) in [5.74, 6) is 1.47. The SMILES string of the molecule is COc1ccccc1CCN1CCC[C@@H](CN(C)C(=O)c2ccccn2)C1. The Morgan fingerprint density at radius 1 is 1.26 bits per heavy atom. The van der Waals surface area contributed by atoms with Gasteiger partial charge in [-0.1, -0.05) is 24.3 Å². The van der Waals surface area contributed by atoms with E-state index >= 15 is 0 Å². The number of rotatable bonds is 7. The van der Waals surface area contributed by atoms with Crippen LogP contribution >= 0.6 is 0 Å². The van der Waals surface area contributed by atoms with Gasteiger partial charge in [-0.05, 0) is 55.5 Å². The minimum absolute atomic E-state index is 0.00162. The molecule has 0 N–H and O–H groups in total.